The molecule has 3 rings (SSSR count). The Balaban J connectivity index is 1.85. The second-order valence-electron chi connectivity index (χ2n) is 9.14. The van der Waals surface area contributed by atoms with Crippen LogP contribution in [0.2, 0.25) is 0 Å². The Labute approximate surface area is 209 Å². The third-order valence-electron chi connectivity index (χ3n) is 6.83. The van der Waals surface area contributed by atoms with Crippen molar-refractivity contribution in [3.63, 3.8) is 0 Å². The number of hydrogen-bond donors (Lipinski definition) is 2. The van der Waals surface area contributed by atoms with Crippen molar-refractivity contribution in [3.8, 4) is 0 Å². The van der Waals surface area contributed by atoms with E-state index in [-0.39, 0.29) is 11.9 Å². The summed E-state index contributed by atoms with van der Waals surface area (Å²) < 4.78 is 0. The predicted molar refractivity (Wildman–Crippen MR) is 141 cm³/mol. The van der Waals surface area contributed by atoms with Gasteiger partial charge in [-0.25, -0.2) is 4.79 Å². The molecule has 1 aliphatic heterocycles. The monoisotopic (exact) mass is 480 g/mol. The minimum absolute atomic E-state index is 0.0130. The number of carbonyl (C=O) groups is 2. The molecular weight excluding hydrogens is 440 g/mol. The number of unbranched alkanes of at least 4 members (excludes halogenated alkanes) is 2. The number of anilines is 1. The molecule has 0 aliphatic carbocycles. The molecule has 2 amide bonds. The van der Waals surface area contributed by atoms with Gasteiger partial charge in [0.15, 0.2) is 0 Å². The first kappa shape index (κ1) is 26.7. The quantitative estimate of drug-likeness (QED) is 0.435. The molecule has 7 nitrogen and oxygen atoms in total. The molecular formula is C28H40N4O3. The molecule has 1 saturated heterocycles. The second kappa shape index (κ2) is 13.3. The van der Waals surface area contributed by atoms with Crippen molar-refractivity contribution >= 4 is 17.7 Å². The van der Waals surface area contributed by atoms with Gasteiger partial charge in [0.2, 0.25) is 0 Å². The topological polar surface area (TPSA) is 76.1 Å². The molecule has 190 valence electrons. The van der Waals surface area contributed by atoms with Gasteiger partial charge in [-0.3, -0.25) is 15.0 Å². The van der Waals surface area contributed by atoms with E-state index in [1.54, 1.807) is 6.07 Å². The molecule has 2 N–H and O–H groups in total. The van der Waals surface area contributed by atoms with Gasteiger partial charge in [-0.1, -0.05) is 44.0 Å². The van der Waals surface area contributed by atoms with E-state index in [0.29, 0.717) is 24.3 Å². The highest BCUT2D eigenvalue weighted by atomic mass is 16.4. The molecule has 2 aromatic rings. The standard InChI is InChI=1S/C28H40N4O3/c1-4-7-8-16-30-17-19-32(20-18-30)26(24-10-9-11-25(21-24)29-28(34)35)22-12-14-23(15-13-22)27(33)31(5-2)6-3/h9-15,21,26,29H,4-8,16-20H2,1-3H3,(H,34,35)/t26-/m1/s1. The Morgan fingerprint density at radius 2 is 1.63 bits per heavy atom. The van der Waals surface area contributed by atoms with E-state index < -0.39 is 6.09 Å². The predicted octanol–water partition coefficient (Wildman–Crippen LogP) is 5.16. The van der Waals surface area contributed by atoms with Crippen LogP contribution in [-0.4, -0.2) is 77.6 Å². The van der Waals surface area contributed by atoms with Crippen LogP contribution in [-0.2, 0) is 0 Å². The Morgan fingerprint density at radius 3 is 2.23 bits per heavy atom. The van der Waals surface area contributed by atoms with E-state index in [1.165, 1.54) is 19.3 Å². The van der Waals surface area contributed by atoms with Crippen molar-refractivity contribution < 1.29 is 14.7 Å². The normalized spacial score (nSPS) is 15.5. The summed E-state index contributed by atoms with van der Waals surface area (Å²) in [7, 11) is 0. The van der Waals surface area contributed by atoms with E-state index in [9.17, 15) is 14.7 Å². The number of hydrogen-bond acceptors (Lipinski definition) is 4. The molecule has 1 aliphatic rings. The third kappa shape index (κ3) is 7.29. The molecule has 0 bridgehead atoms. The molecule has 1 fully saturated rings. The van der Waals surface area contributed by atoms with E-state index in [2.05, 4.69) is 28.1 Å². The number of rotatable bonds is 11. The van der Waals surface area contributed by atoms with E-state index in [1.807, 2.05) is 55.1 Å². The summed E-state index contributed by atoms with van der Waals surface area (Å²) in [4.78, 5) is 30.8. The minimum atomic E-state index is -1.07. The zero-order valence-corrected chi connectivity index (χ0v) is 21.4. The third-order valence-corrected chi connectivity index (χ3v) is 6.83. The Kier molecular flexibility index (Phi) is 10.1. The van der Waals surface area contributed by atoms with Crippen LogP contribution in [0.3, 0.4) is 0 Å². The first-order valence-electron chi connectivity index (χ1n) is 12.9. The first-order chi connectivity index (χ1) is 17.0. The fraction of sp³-hybridized carbons (Fsp3) is 0.500. The van der Waals surface area contributed by atoms with Crippen molar-refractivity contribution in [1.82, 2.24) is 14.7 Å². The molecule has 0 saturated carbocycles. The highest BCUT2D eigenvalue weighted by Crippen LogP contribution is 2.31. The molecule has 1 heterocycles. The van der Waals surface area contributed by atoms with Crippen LogP contribution in [0, 0.1) is 0 Å². The largest absolute Gasteiger partial charge is 0.465 e. The highest BCUT2D eigenvalue weighted by Gasteiger charge is 2.27. The summed E-state index contributed by atoms with van der Waals surface area (Å²) in [5.74, 6) is 0.0476. The molecule has 7 heteroatoms. The van der Waals surface area contributed by atoms with Crippen molar-refractivity contribution in [2.24, 2.45) is 0 Å². The van der Waals surface area contributed by atoms with Crippen molar-refractivity contribution in [3.05, 3.63) is 65.2 Å². The summed E-state index contributed by atoms with van der Waals surface area (Å²) in [6, 6.07) is 15.6. The van der Waals surface area contributed by atoms with Crippen LogP contribution in [0.15, 0.2) is 48.5 Å². The number of carboxylic acid groups (broad SMARTS) is 1. The van der Waals surface area contributed by atoms with Crippen LogP contribution in [0.4, 0.5) is 10.5 Å². The highest BCUT2D eigenvalue weighted by molar-refractivity contribution is 5.94. The summed E-state index contributed by atoms with van der Waals surface area (Å²) >= 11 is 0. The van der Waals surface area contributed by atoms with Crippen LogP contribution in [0.25, 0.3) is 0 Å². The second-order valence-corrected chi connectivity index (χ2v) is 9.14. The van der Waals surface area contributed by atoms with Crippen molar-refractivity contribution in [1.29, 1.82) is 0 Å². The van der Waals surface area contributed by atoms with Gasteiger partial charge in [-0.2, -0.15) is 0 Å². The van der Waals surface area contributed by atoms with Gasteiger partial charge in [0.05, 0.1) is 6.04 Å². The fourth-order valence-corrected chi connectivity index (χ4v) is 4.86. The summed E-state index contributed by atoms with van der Waals surface area (Å²) in [5.41, 5.74) is 3.40. The number of carbonyl (C=O) groups excluding carboxylic acids is 1. The fourth-order valence-electron chi connectivity index (χ4n) is 4.86. The number of amides is 2. The van der Waals surface area contributed by atoms with Crippen LogP contribution >= 0.6 is 0 Å². The van der Waals surface area contributed by atoms with Gasteiger partial charge < -0.3 is 14.9 Å². The van der Waals surface area contributed by atoms with Crippen LogP contribution in [0.1, 0.15) is 67.6 Å². The molecule has 0 spiro atoms. The van der Waals surface area contributed by atoms with Crippen molar-refractivity contribution in [2.75, 3.05) is 51.1 Å². The number of benzene rings is 2. The average Bonchev–Trinajstić information content (AvgIpc) is 2.86. The minimum Gasteiger partial charge on any atom is -0.465 e. The Bertz CT molecular complexity index is 951. The first-order valence-corrected chi connectivity index (χ1v) is 12.9. The maximum absolute atomic E-state index is 12.8. The SMILES string of the molecule is CCCCCN1CCN([C@H](c2ccc(C(=O)N(CC)CC)cc2)c2cccc(NC(=O)O)c2)CC1. The number of nitrogens with one attached hydrogen (secondary N) is 1. The average molecular weight is 481 g/mol. The Morgan fingerprint density at radius 1 is 0.943 bits per heavy atom. The molecule has 0 unspecified atom stereocenters. The van der Waals surface area contributed by atoms with Gasteiger partial charge in [-0.05, 0) is 62.2 Å². The lowest BCUT2D eigenvalue weighted by atomic mass is 9.94. The maximum Gasteiger partial charge on any atom is 0.409 e. The van der Waals surface area contributed by atoms with Gasteiger partial charge in [0, 0.05) is 50.5 Å². The lowest BCUT2D eigenvalue weighted by Gasteiger charge is -2.40. The maximum atomic E-state index is 12.8. The molecule has 0 radical (unpaired) electrons. The number of nitrogens with zero attached hydrogens (tertiary/aromatic N) is 3. The number of piperazine rings is 1. The zero-order chi connectivity index (χ0) is 25.2. The van der Waals surface area contributed by atoms with E-state index in [4.69, 9.17) is 0 Å². The van der Waals surface area contributed by atoms with E-state index in [0.717, 1.165) is 43.9 Å². The molecule has 2 aromatic carbocycles. The lowest BCUT2D eigenvalue weighted by molar-refractivity contribution is 0.0773. The molecule has 1 atom stereocenters. The van der Waals surface area contributed by atoms with Gasteiger partial charge in [0.25, 0.3) is 5.91 Å². The zero-order valence-electron chi connectivity index (χ0n) is 21.4. The Hall–Kier alpha value is -2.90. The summed E-state index contributed by atoms with van der Waals surface area (Å²) in [6.45, 7) is 12.6. The van der Waals surface area contributed by atoms with Gasteiger partial charge in [0.1, 0.15) is 0 Å². The van der Waals surface area contributed by atoms with Crippen LogP contribution < -0.4 is 5.32 Å². The summed E-state index contributed by atoms with van der Waals surface area (Å²) in [5, 5.41) is 11.7. The smallest absolute Gasteiger partial charge is 0.409 e. The van der Waals surface area contributed by atoms with Crippen molar-refractivity contribution in [2.45, 2.75) is 46.1 Å². The van der Waals surface area contributed by atoms with Gasteiger partial charge in [-0.15, -0.1) is 0 Å². The molecule has 35 heavy (non-hydrogen) atoms. The van der Waals surface area contributed by atoms with Gasteiger partial charge >= 0.3 is 6.09 Å². The van der Waals surface area contributed by atoms with E-state index >= 15 is 0 Å². The molecule has 0 aromatic heterocycles. The lowest BCUT2D eigenvalue weighted by Crippen LogP contribution is -2.48. The summed E-state index contributed by atoms with van der Waals surface area (Å²) in [6.07, 6.45) is 2.67. The van der Waals surface area contributed by atoms with Crippen LogP contribution in [0.5, 0.6) is 0 Å².